The molecule has 0 aliphatic rings. The lowest BCUT2D eigenvalue weighted by Gasteiger charge is -2.24. The maximum atomic E-state index is 6.56. The largest absolute Gasteiger partial charge is 0.455 e. The van der Waals surface area contributed by atoms with Gasteiger partial charge in [0.15, 0.2) is 11.5 Å². The molecule has 0 aliphatic heterocycles. The van der Waals surface area contributed by atoms with Crippen LogP contribution in [-0.4, -0.2) is 14.5 Å². The number of para-hydroxylation sites is 3. The molecule has 0 aliphatic carbocycles. The Bertz CT molecular complexity index is 2310. The SMILES string of the molecule is CC(C)c1cc(-c2ccccc2)cc(C(C)C)c1-n1c(-c2cccc3c2oc2ccccc23)nc2cc3ccccc3nc21. The molecule has 8 aromatic rings. The van der Waals surface area contributed by atoms with Crippen LogP contribution in [0.4, 0.5) is 0 Å². The third-order valence-corrected chi connectivity index (χ3v) is 8.72. The van der Waals surface area contributed by atoms with Crippen molar-refractivity contribution in [1.82, 2.24) is 14.5 Å². The summed E-state index contributed by atoms with van der Waals surface area (Å²) in [7, 11) is 0. The number of imidazole rings is 1. The van der Waals surface area contributed by atoms with Gasteiger partial charge in [-0.15, -0.1) is 0 Å². The first-order chi connectivity index (χ1) is 21.5. The number of nitrogens with zero attached hydrogens (tertiary/aromatic N) is 3. The Morgan fingerprint density at radius 1 is 0.591 bits per heavy atom. The van der Waals surface area contributed by atoms with Gasteiger partial charge in [0, 0.05) is 16.2 Å². The molecule has 4 heteroatoms. The average molecular weight is 572 g/mol. The summed E-state index contributed by atoms with van der Waals surface area (Å²) >= 11 is 0. The van der Waals surface area contributed by atoms with Crippen LogP contribution in [0.2, 0.25) is 0 Å². The molecule has 214 valence electrons. The fourth-order valence-electron chi connectivity index (χ4n) is 6.54. The number of hydrogen-bond acceptors (Lipinski definition) is 3. The highest BCUT2D eigenvalue weighted by molar-refractivity contribution is 6.09. The molecule has 3 aromatic heterocycles. The standard InChI is InChI=1S/C40H33N3O/c1-24(2)32-21-28(26-13-6-5-7-14-26)22-33(25(3)4)37(32)43-39(42-35-23-27-15-8-10-19-34(27)41-40(35)43)31-18-12-17-30-29-16-9-11-20-36(29)44-38(30)31/h5-25H,1-4H3. The molecule has 0 saturated carbocycles. The first-order valence-electron chi connectivity index (χ1n) is 15.4. The molecule has 8 rings (SSSR count). The molecule has 0 atom stereocenters. The van der Waals surface area contributed by atoms with E-state index < -0.39 is 0 Å². The molecular formula is C40H33N3O. The number of fused-ring (bicyclic) bond motifs is 5. The molecule has 3 heterocycles. The quantitative estimate of drug-likeness (QED) is 0.206. The van der Waals surface area contributed by atoms with E-state index in [9.17, 15) is 0 Å². The zero-order chi connectivity index (χ0) is 29.9. The summed E-state index contributed by atoms with van der Waals surface area (Å²) in [6, 6.07) is 40.5. The highest BCUT2D eigenvalue weighted by atomic mass is 16.3. The third kappa shape index (κ3) is 4.13. The van der Waals surface area contributed by atoms with E-state index in [1.165, 1.54) is 22.3 Å². The second-order valence-corrected chi connectivity index (χ2v) is 12.3. The number of rotatable bonds is 5. The topological polar surface area (TPSA) is 43.9 Å². The van der Waals surface area contributed by atoms with Crippen LogP contribution in [0.5, 0.6) is 0 Å². The van der Waals surface area contributed by atoms with Gasteiger partial charge in [0.25, 0.3) is 0 Å². The molecule has 0 fully saturated rings. The van der Waals surface area contributed by atoms with Gasteiger partial charge >= 0.3 is 0 Å². The molecule has 0 saturated heterocycles. The normalized spacial score (nSPS) is 12.0. The van der Waals surface area contributed by atoms with Gasteiger partial charge in [-0.2, -0.15) is 0 Å². The smallest absolute Gasteiger partial charge is 0.165 e. The molecule has 0 N–H and O–H groups in total. The molecule has 5 aromatic carbocycles. The van der Waals surface area contributed by atoms with E-state index in [2.05, 4.69) is 129 Å². The summed E-state index contributed by atoms with van der Waals surface area (Å²) in [5.41, 5.74) is 11.5. The van der Waals surface area contributed by atoms with Crippen LogP contribution < -0.4 is 0 Å². The number of hydrogen-bond donors (Lipinski definition) is 0. The molecule has 44 heavy (non-hydrogen) atoms. The summed E-state index contributed by atoms with van der Waals surface area (Å²) in [5.74, 6) is 1.36. The van der Waals surface area contributed by atoms with E-state index in [4.69, 9.17) is 14.4 Å². The van der Waals surface area contributed by atoms with Crippen molar-refractivity contribution in [3.05, 3.63) is 126 Å². The zero-order valence-corrected chi connectivity index (χ0v) is 25.4. The molecule has 0 amide bonds. The summed E-state index contributed by atoms with van der Waals surface area (Å²) < 4.78 is 8.87. The summed E-state index contributed by atoms with van der Waals surface area (Å²) in [4.78, 5) is 10.6. The Balaban J connectivity index is 1.52. The minimum atomic E-state index is 0.263. The predicted octanol–water partition coefficient (Wildman–Crippen LogP) is 11.1. The lowest BCUT2D eigenvalue weighted by atomic mass is 9.88. The molecule has 0 unspecified atom stereocenters. The monoisotopic (exact) mass is 571 g/mol. The second kappa shape index (κ2) is 10.2. The third-order valence-electron chi connectivity index (χ3n) is 8.72. The van der Waals surface area contributed by atoms with Crippen molar-refractivity contribution in [2.24, 2.45) is 0 Å². The van der Waals surface area contributed by atoms with Crippen LogP contribution in [0.25, 0.3) is 72.2 Å². The second-order valence-electron chi connectivity index (χ2n) is 12.3. The minimum absolute atomic E-state index is 0.263. The van der Waals surface area contributed by atoms with Gasteiger partial charge < -0.3 is 4.42 Å². The van der Waals surface area contributed by atoms with E-state index >= 15 is 0 Å². The van der Waals surface area contributed by atoms with Gasteiger partial charge in [0.05, 0.1) is 16.8 Å². The van der Waals surface area contributed by atoms with Crippen LogP contribution in [0.1, 0.15) is 50.7 Å². The Labute approximate surface area is 256 Å². The summed E-state index contributed by atoms with van der Waals surface area (Å²) in [6.45, 7) is 9.11. The Morgan fingerprint density at radius 2 is 1.27 bits per heavy atom. The van der Waals surface area contributed by atoms with E-state index in [-0.39, 0.29) is 11.8 Å². The molecule has 4 nitrogen and oxygen atoms in total. The summed E-state index contributed by atoms with van der Waals surface area (Å²) in [6.07, 6.45) is 0. The Morgan fingerprint density at radius 3 is 2.05 bits per heavy atom. The van der Waals surface area contributed by atoms with Crippen molar-refractivity contribution in [3.8, 4) is 28.2 Å². The number of aromatic nitrogens is 3. The van der Waals surface area contributed by atoms with Crippen LogP contribution in [0, 0.1) is 0 Å². The molecule has 0 spiro atoms. The van der Waals surface area contributed by atoms with Crippen LogP contribution >= 0.6 is 0 Å². The van der Waals surface area contributed by atoms with E-state index in [0.29, 0.717) is 0 Å². The average Bonchev–Trinajstić information content (AvgIpc) is 3.61. The highest BCUT2D eigenvalue weighted by Crippen LogP contribution is 2.42. The first kappa shape index (κ1) is 26.4. The summed E-state index contributed by atoms with van der Waals surface area (Å²) in [5, 5.41) is 3.27. The minimum Gasteiger partial charge on any atom is -0.455 e. The molecule has 0 radical (unpaired) electrons. The molecular weight excluding hydrogens is 538 g/mol. The fraction of sp³-hybridized carbons (Fsp3) is 0.150. The lowest BCUT2D eigenvalue weighted by molar-refractivity contribution is 0.669. The fourth-order valence-corrected chi connectivity index (χ4v) is 6.54. The Kier molecular flexibility index (Phi) is 6.12. The van der Waals surface area contributed by atoms with E-state index in [0.717, 1.165) is 61.1 Å². The van der Waals surface area contributed by atoms with Crippen molar-refractivity contribution in [2.45, 2.75) is 39.5 Å². The van der Waals surface area contributed by atoms with Gasteiger partial charge in [-0.1, -0.05) is 107 Å². The van der Waals surface area contributed by atoms with Gasteiger partial charge in [-0.05, 0) is 70.5 Å². The van der Waals surface area contributed by atoms with Crippen molar-refractivity contribution in [3.63, 3.8) is 0 Å². The first-order valence-corrected chi connectivity index (χ1v) is 15.4. The van der Waals surface area contributed by atoms with Crippen molar-refractivity contribution in [2.75, 3.05) is 0 Å². The van der Waals surface area contributed by atoms with Gasteiger partial charge in [-0.3, -0.25) is 4.57 Å². The molecule has 0 bridgehead atoms. The predicted molar refractivity (Wildman–Crippen MR) is 183 cm³/mol. The van der Waals surface area contributed by atoms with Crippen molar-refractivity contribution < 1.29 is 4.42 Å². The van der Waals surface area contributed by atoms with Crippen LogP contribution in [0.15, 0.2) is 120 Å². The van der Waals surface area contributed by atoms with Gasteiger partial charge in [0.2, 0.25) is 0 Å². The van der Waals surface area contributed by atoms with Gasteiger partial charge in [-0.25, -0.2) is 9.97 Å². The Hall–Kier alpha value is -5.22. The van der Waals surface area contributed by atoms with E-state index in [1.54, 1.807) is 0 Å². The maximum absolute atomic E-state index is 6.56. The lowest BCUT2D eigenvalue weighted by Crippen LogP contribution is -2.10. The van der Waals surface area contributed by atoms with Gasteiger partial charge in [0.1, 0.15) is 16.7 Å². The number of benzene rings is 5. The van der Waals surface area contributed by atoms with Crippen LogP contribution in [-0.2, 0) is 0 Å². The van der Waals surface area contributed by atoms with Crippen LogP contribution in [0.3, 0.4) is 0 Å². The maximum Gasteiger partial charge on any atom is 0.165 e. The number of furan rings is 1. The van der Waals surface area contributed by atoms with Crippen molar-refractivity contribution in [1.29, 1.82) is 0 Å². The highest BCUT2D eigenvalue weighted by Gasteiger charge is 2.26. The van der Waals surface area contributed by atoms with E-state index in [1.807, 2.05) is 18.2 Å². The van der Waals surface area contributed by atoms with Crippen molar-refractivity contribution >= 4 is 44.0 Å². The number of pyridine rings is 1. The zero-order valence-electron chi connectivity index (χ0n) is 25.4.